The molecule has 1 saturated carbocycles. The largest absolute Gasteiger partial charge is 0.323 e. The molecule has 2 N–H and O–H groups in total. The Morgan fingerprint density at radius 3 is 2.44 bits per heavy atom. The summed E-state index contributed by atoms with van der Waals surface area (Å²) in [6.45, 7) is 5.34. The minimum absolute atomic E-state index is 0.0434. The van der Waals surface area contributed by atoms with Crippen molar-refractivity contribution in [1.82, 2.24) is 4.98 Å². The van der Waals surface area contributed by atoms with Crippen molar-refractivity contribution in [1.29, 1.82) is 0 Å². The molecule has 1 aliphatic rings. The summed E-state index contributed by atoms with van der Waals surface area (Å²) in [6.07, 6.45) is 2.31. The SMILES string of the molecule is CC(N)c1sc(CS(=O)(=O)C(C)C)nc1C1CC1. The van der Waals surface area contributed by atoms with Crippen LogP contribution in [0.25, 0.3) is 0 Å². The van der Waals surface area contributed by atoms with Crippen molar-refractivity contribution in [2.45, 2.75) is 56.6 Å². The van der Waals surface area contributed by atoms with Gasteiger partial charge in [-0.1, -0.05) is 0 Å². The lowest BCUT2D eigenvalue weighted by atomic mass is 10.2. The molecule has 0 spiro atoms. The van der Waals surface area contributed by atoms with E-state index in [1.807, 2.05) is 6.92 Å². The lowest BCUT2D eigenvalue weighted by Crippen LogP contribution is -2.15. The Balaban J connectivity index is 2.27. The second-order valence-corrected chi connectivity index (χ2v) is 8.95. The topological polar surface area (TPSA) is 73.1 Å². The molecule has 0 bridgehead atoms. The van der Waals surface area contributed by atoms with Crippen LogP contribution in [-0.2, 0) is 15.6 Å². The van der Waals surface area contributed by atoms with Gasteiger partial charge in [-0.3, -0.25) is 0 Å². The zero-order valence-corrected chi connectivity index (χ0v) is 12.6. The molecule has 0 amide bonds. The molecule has 1 aromatic heterocycles. The van der Waals surface area contributed by atoms with E-state index < -0.39 is 9.84 Å². The minimum Gasteiger partial charge on any atom is -0.323 e. The van der Waals surface area contributed by atoms with E-state index in [9.17, 15) is 8.42 Å². The van der Waals surface area contributed by atoms with Crippen LogP contribution in [0.1, 0.15) is 61.2 Å². The number of hydrogen-bond donors (Lipinski definition) is 1. The summed E-state index contributed by atoms with van der Waals surface area (Å²) in [6, 6.07) is -0.0615. The van der Waals surface area contributed by atoms with E-state index in [0.29, 0.717) is 10.9 Å². The molecule has 1 fully saturated rings. The molecule has 1 aromatic rings. The fraction of sp³-hybridized carbons (Fsp3) is 0.750. The van der Waals surface area contributed by atoms with Crippen molar-refractivity contribution in [2.24, 2.45) is 5.73 Å². The Hall–Kier alpha value is -0.460. The first-order chi connectivity index (χ1) is 8.31. The van der Waals surface area contributed by atoms with Gasteiger partial charge < -0.3 is 5.73 Å². The average Bonchev–Trinajstić information content (AvgIpc) is 3.00. The highest BCUT2D eigenvalue weighted by molar-refractivity contribution is 7.91. The maximum Gasteiger partial charge on any atom is 0.159 e. The summed E-state index contributed by atoms with van der Waals surface area (Å²) in [4.78, 5) is 5.58. The molecule has 2 rings (SSSR count). The smallest absolute Gasteiger partial charge is 0.159 e. The van der Waals surface area contributed by atoms with Crippen molar-refractivity contribution in [3.63, 3.8) is 0 Å². The standard InChI is InChI=1S/C12H20N2O2S2/c1-7(2)18(15,16)6-10-14-11(9-4-5-9)12(17-10)8(3)13/h7-9H,4-6,13H2,1-3H3. The molecular weight excluding hydrogens is 268 g/mol. The highest BCUT2D eigenvalue weighted by Crippen LogP contribution is 2.44. The van der Waals surface area contributed by atoms with Crippen LogP contribution in [0.2, 0.25) is 0 Å². The molecule has 1 atom stereocenters. The lowest BCUT2D eigenvalue weighted by molar-refractivity contribution is 0.586. The third kappa shape index (κ3) is 2.92. The lowest BCUT2D eigenvalue weighted by Gasteiger charge is -2.04. The van der Waals surface area contributed by atoms with Gasteiger partial charge in [0, 0.05) is 16.8 Å². The van der Waals surface area contributed by atoms with Crippen molar-refractivity contribution in [2.75, 3.05) is 0 Å². The van der Waals surface area contributed by atoms with Gasteiger partial charge >= 0.3 is 0 Å². The van der Waals surface area contributed by atoms with Gasteiger partial charge in [0.2, 0.25) is 0 Å². The first kappa shape index (κ1) is 14.0. The first-order valence-electron chi connectivity index (χ1n) is 6.28. The molecule has 6 heteroatoms. The monoisotopic (exact) mass is 288 g/mol. The van der Waals surface area contributed by atoms with E-state index in [1.165, 1.54) is 11.3 Å². The third-order valence-corrected chi connectivity index (χ3v) is 6.71. The molecule has 4 nitrogen and oxygen atoms in total. The fourth-order valence-electron chi connectivity index (χ4n) is 1.77. The van der Waals surface area contributed by atoms with Crippen LogP contribution < -0.4 is 5.73 Å². The Kier molecular flexibility index (Phi) is 3.80. The van der Waals surface area contributed by atoms with E-state index >= 15 is 0 Å². The first-order valence-corrected chi connectivity index (χ1v) is 8.81. The van der Waals surface area contributed by atoms with Crippen LogP contribution in [0.4, 0.5) is 0 Å². The predicted molar refractivity (Wildman–Crippen MR) is 74.5 cm³/mol. The molecule has 0 radical (unpaired) electrons. The highest BCUT2D eigenvalue weighted by atomic mass is 32.2. The Morgan fingerprint density at radius 1 is 1.39 bits per heavy atom. The summed E-state index contributed by atoms with van der Waals surface area (Å²) in [5.74, 6) is 0.555. The van der Waals surface area contributed by atoms with Crippen LogP contribution in [0.3, 0.4) is 0 Å². The van der Waals surface area contributed by atoms with Crippen LogP contribution in [-0.4, -0.2) is 18.7 Å². The normalized spacial score (nSPS) is 18.3. The molecule has 1 heterocycles. The molecule has 0 aromatic carbocycles. The van der Waals surface area contributed by atoms with E-state index in [0.717, 1.165) is 23.4 Å². The Morgan fingerprint density at radius 2 is 2.00 bits per heavy atom. The van der Waals surface area contributed by atoms with Crippen LogP contribution >= 0.6 is 11.3 Å². The van der Waals surface area contributed by atoms with Gasteiger partial charge in [0.15, 0.2) is 9.84 Å². The summed E-state index contributed by atoms with van der Waals surface area (Å²) in [5.41, 5.74) is 6.98. The second-order valence-electron chi connectivity index (χ2n) is 5.28. The summed E-state index contributed by atoms with van der Waals surface area (Å²) in [5, 5.41) is 0.336. The van der Waals surface area contributed by atoms with E-state index in [-0.39, 0.29) is 17.0 Å². The molecule has 0 aliphatic heterocycles. The van der Waals surface area contributed by atoms with Gasteiger partial charge in [-0.15, -0.1) is 11.3 Å². The maximum atomic E-state index is 11.9. The molecule has 0 saturated heterocycles. The fourth-order valence-corrected chi connectivity index (χ4v) is 4.14. The predicted octanol–water partition coefficient (Wildman–Crippen LogP) is 2.36. The van der Waals surface area contributed by atoms with Gasteiger partial charge in [0.05, 0.1) is 10.9 Å². The van der Waals surface area contributed by atoms with Gasteiger partial charge in [-0.25, -0.2) is 13.4 Å². The van der Waals surface area contributed by atoms with E-state index in [2.05, 4.69) is 4.98 Å². The van der Waals surface area contributed by atoms with Crippen molar-refractivity contribution >= 4 is 21.2 Å². The molecule has 1 unspecified atom stereocenters. The zero-order valence-electron chi connectivity index (χ0n) is 11.0. The number of sulfone groups is 1. The van der Waals surface area contributed by atoms with Crippen molar-refractivity contribution in [3.05, 3.63) is 15.6 Å². The summed E-state index contributed by atoms with van der Waals surface area (Å²) >= 11 is 1.46. The number of rotatable bonds is 5. The van der Waals surface area contributed by atoms with Crippen LogP contribution in [0.5, 0.6) is 0 Å². The summed E-state index contributed by atoms with van der Waals surface area (Å²) in [7, 11) is -3.08. The number of hydrogen-bond acceptors (Lipinski definition) is 5. The molecule has 102 valence electrons. The van der Waals surface area contributed by atoms with Crippen LogP contribution in [0, 0.1) is 0 Å². The number of aromatic nitrogens is 1. The van der Waals surface area contributed by atoms with Crippen LogP contribution in [0.15, 0.2) is 0 Å². The molecular formula is C12H20N2O2S2. The van der Waals surface area contributed by atoms with Gasteiger partial charge in [0.25, 0.3) is 0 Å². The van der Waals surface area contributed by atoms with Gasteiger partial charge in [-0.2, -0.15) is 0 Å². The van der Waals surface area contributed by atoms with E-state index in [4.69, 9.17) is 5.73 Å². The van der Waals surface area contributed by atoms with Crippen molar-refractivity contribution in [3.8, 4) is 0 Å². The minimum atomic E-state index is -3.08. The maximum absolute atomic E-state index is 11.9. The third-order valence-electron chi connectivity index (χ3n) is 3.15. The Bertz CT molecular complexity index is 509. The number of nitrogens with zero attached hydrogens (tertiary/aromatic N) is 1. The van der Waals surface area contributed by atoms with E-state index in [1.54, 1.807) is 13.8 Å². The second kappa shape index (κ2) is 4.90. The zero-order chi connectivity index (χ0) is 13.5. The average molecular weight is 288 g/mol. The molecule has 18 heavy (non-hydrogen) atoms. The Labute approximate surface area is 113 Å². The van der Waals surface area contributed by atoms with Crippen molar-refractivity contribution < 1.29 is 8.42 Å². The number of nitrogens with two attached hydrogens (primary N) is 1. The number of thiazole rings is 1. The summed E-state index contributed by atoms with van der Waals surface area (Å²) < 4.78 is 23.8. The van der Waals surface area contributed by atoms with Gasteiger partial charge in [-0.05, 0) is 33.6 Å². The highest BCUT2D eigenvalue weighted by Gasteiger charge is 2.31. The van der Waals surface area contributed by atoms with Gasteiger partial charge in [0.1, 0.15) is 10.8 Å². The molecule has 1 aliphatic carbocycles. The quantitative estimate of drug-likeness (QED) is 0.902.